The third-order valence-electron chi connectivity index (χ3n) is 4.29. The van der Waals surface area contributed by atoms with E-state index in [1.807, 2.05) is 30.3 Å². The normalized spacial score (nSPS) is 14.4. The van der Waals surface area contributed by atoms with Gasteiger partial charge >= 0.3 is 0 Å². The van der Waals surface area contributed by atoms with Gasteiger partial charge in [0.15, 0.2) is 5.60 Å². The summed E-state index contributed by atoms with van der Waals surface area (Å²) >= 11 is 6.05. The first-order valence-corrected chi connectivity index (χ1v) is 8.89. The molecule has 142 valence electrons. The van der Waals surface area contributed by atoms with Gasteiger partial charge in [0.05, 0.1) is 6.54 Å². The van der Waals surface area contributed by atoms with Crippen molar-refractivity contribution in [1.82, 2.24) is 29.5 Å². The van der Waals surface area contributed by atoms with E-state index in [-0.39, 0.29) is 6.54 Å². The molecule has 0 fully saturated rings. The molecule has 0 aliphatic heterocycles. The van der Waals surface area contributed by atoms with Crippen LogP contribution in [0.1, 0.15) is 11.8 Å². The smallest absolute Gasteiger partial charge is 0.227 e. The zero-order valence-corrected chi connectivity index (χ0v) is 15.5. The summed E-state index contributed by atoms with van der Waals surface area (Å²) in [6, 6.07) is 16.1. The highest BCUT2D eigenvalue weighted by atomic mass is 35.5. The molecule has 0 spiro atoms. The molecule has 0 aliphatic rings. The molecular weight excluding hydrogens is 380 g/mol. The van der Waals surface area contributed by atoms with Gasteiger partial charge in [0.1, 0.15) is 31.1 Å². The second-order valence-corrected chi connectivity index (χ2v) is 6.62. The number of hydrogen-bond acceptors (Lipinski definition) is 6. The topological polar surface area (TPSA) is 90.9 Å². The van der Waals surface area contributed by atoms with Gasteiger partial charge in [-0.15, -0.1) is 0 Å². The van der Waals surface area contributed by atoms with Crippen LogP contribution in [0.3, 0.4) is 0 Å². The molecule has 4 rings (SSSR count). The van der Waals surface area contributed by atoms with Gasteiger partial charge < -0.3 is 9.84 Å². The first-order chi connectivity index (χ1) is 13.6. The highest BCUT2D eigenvalue weighted by Crippen LogP contribution is 2.37. The predicted octanol–water partition coefficient (Wildman–Crippen LogP) is 2.69. The first-order valence-electron chi connectivity index (χ1n) is 8.52. The van der Waals surface area contributed by atoms with Crippen molar-refractivity contribution in [3.05, 3.63) is 90.5 Å². The van der Waals surface area contributed by atoms with Gasteiger partial charge in [-0.3, -0.25) is 0 Å². The van der Waals surface area contributed by atoms with Crippen LogP contribution < -0.4 is 4.74 Å². The van der Waals surface area contributed by atoms with Crippen molar-refractivity contribution in [3.63, 3.8) is 0 Å². The molecule has 2 heterocycles. The molecule has 0 radical (unpaired) electrons. The lowest BCUT2D eigenvalue weighted by molar-refractivity contribution is -0.122. The molecule has 0 aliphatic carbocycles. The monoisotopic (exact) mass is 396 g/mol. The third kappa shape index (κ3) is 3.73. The van der Waals surface area contributed by atoms with Gasteiger partial charge in [-0.05, 0) is 29.8 Å². The predicted molar refractivity (Wildman–Crippen MR) is 101 cm³/mol. The van der Waals surface area contributed by atoms with Crippen molar-refractivity contribution >= 4 is 11.6 Å². The first kappa shape index (κ1) is 18.1. The third-order valence-corrected chi connectivity index (χ3v) is 4.54. The Morgan fingerprint density at radius 2 is 1.68 bits per heavy atom. The summed E-state index contributed by atoms with van der Waals surface area (Å²) < 4.78 is 9.18. The Kier molecular flexibility index (Phi) is 5.05. The quantitative estimate of drug-likeness (QED) is 0.516. The molecule has 0 saturated heterocycles. The number of nitrogens with zero attached hydrogens (tertiary/aromatic N) is 6. The van der Waals surface area contributed by atoms with E-state index in [1.54, 1.807) is 24.3 Å². The lowest BCUT2D eigenvalue weighted by atomic mass is 9.91. The Morgan fingerprint density at radius 1 is 0.964 bits per heavy atom. The van der Waals surface area contributed by atoms with Crippen molar-refractivity contribution in [3.8, 4) is 5.75 Å². The summed E-state index contributed by atoms with van der Waals surface area (Å²) in [7, 11) is 0. The summed E-state index contributed by atoms with van der Waals surface area (Å²) in [4.78, 5) is 7.97. The number of rotatable bonds is 7. The number of ether oxygens (including phenoxy) is 1. The van der Waals surface area contributed by atoms with E-state index < -0.39 is 11.8 Å². The summed E-state index contributed by atoms with van der Waals surface area (Å²) in [5, 5.41) is 20.8. The van der Waals surface area contributed by atoms with Crippen molar-refractivity contribution in [2.75, 3.05) is 0 Å². The number of hydrogen-bond donors (Lipinski definition) is 1. The highest BCUT2D eigenvalue weighted by Gasteiger charge is 2.43. The van der Waals surface area contributed by atoms with Crippen LogP contribution in [0, 0.1) is 0 Å². The molecular formula is C19H17ClN6O2. The van der Waals surface area contributed by atoms with E-state index >= 15 is 0 Å². The molecule has 0 saturated carbocycles. The largest absolute Gasteiger partial charge is 0.465 e. The van der Waals surface area contributed by atoms with Crippen LogP contribution in [0.2, 0.25) is 5.02 Å². The highest BCUT2D eigenvalue weighted by molar-refractivity contribution is 6.30. The minimum Gasteiger partial charge on any atom is -0.465 e. The maximum absolute atomic E-state index is 11.9. The van der Waals surface area contributed by atoms with Gasteiger partial charge in [-0.1, -0.05) is 41.9 Å². The Bertz CT molecular complexity index is 993. The van der Waals surface area contributed by atoms with E-state index in [0.29, 0.717) is 16.3 Å². The summed E-state index contributed by atoms with van der Waals surface area (Å²) in [6.07, 6.45) is 4.89. The van der Waals surface area contributed by atoms with Gasteiger partial charge in [0, 0.05) is 5.02 Å². The fourth-order valence-electron chi connectivity index (χ4n) is 2.95. The molecule has 8 nitrogen and oxygen atoms in total. The zero-order valence-electron chi connectivity index (χ0n) is 14.7. The maximum Gasteiger partial charge on any atom is 0.227 e. The molecule has 0 amide bonds. The van der Waals surface area contributed by atoms with Gasteiger partial charge in [0.25, 0.3) is 0 Å². The molecule has 28 heavy (non-hydrogen) atoms. The van der Waals surface area contributed by atoms with Crippen LogP contribution in [0.25, 0.3) is 0 Å². The number of aromatic nitrogens is 6. The van der Waals surface area contributed by atoms with Crippen LogP contribution >= 0.6 is 11.6 Å². The number of benzene rings is 2. The minimum absolute atomic E-state index is 0.0754. The van der Waals surface area contributed by atoms with Gasteiger partial charge in [-0.25, -0.2) is 19.3 Å². The average molecular weight is 397 g/mol. The van der Waals surface area contributed by atoms with Crippen LogP contribution in [0.4, 0.5) is 0 Å². The van der Waals surface area contributed by atoms with E-state index in [2.05, 4.69) is 20.2 Å². The Labute approximate surface area is 166 Å². The van der Waals surface area contributed by atoms with Gasteiger partial charge in [-0.2, -0.15) is 10.2 Å². The Hall–Kier alpha value is -3.23. The average Bonchev–Trinajstić information content (AvgIpc) is 3.41. The summed E-state index contributed by atoms with van der Waals surface area (Å²) in [5.74, 6) is 0.578. The second-order valence-electron chi connectivity index (χ2n) is 6.18. The fraction of sp³-hybridized carbons (Fsp3) is 0.158. The molecule has 2 unspecified atom stereocenters. The SMILES string of the molecule is OC(Cn1cncn1)(c1ccc(Cl)cc1)C(Oc1ccccc1)n1cncn1. The van der Waals surface area contributed by atoms with E-state index in [9.17, 15) is 5.11 Å². The van der Waals surface area contributed by atoms with Crippen molar-refractivity contribution < 1.29 is 9.84 Å². The molecule has 2 aromatic carbocycles. The van der Waals surface area contributed by atoms with Crippen LogP contribution in [0.5, 0.6) is 5.75 Å². The Morgan fingerprint density at radius 3 is 2.32 bits per heavy atom. The molecule has 9 heteroatoms. The molecule has 4 aromatic rings. The molecule has 1 N–H and O–H groups in total. The number of para-hydroxylation sites is 1. The van der Waals surface area contributed by atoms with Crippen molar-refractivity contribution in [2.45, 2.75) is 18.4 Å². The molecule has 0 bridgehead atoms. The minimum atomic E-state index is -1.55. The van der Waals surface area contributed by atoms with Crippen LogP contribution in [-0.4, -0.2) is 34.6 Å². The van der Waals surface area contributed by atoms with E-state index in [4.69, 9.17) is 16.3 Å². The lowest BCUT2D eigenvalue weighted by Gasteiger charge is -2.36. The van der Waals surface area contributed by atoms with Crippen molar-refractivity contribution in [1.29, 1.82) is 0 Å². The van der Waals surface area contributed by atoms with E-state index in [1.165, 1.54) is 34.7 Å². The van der Waals surface area contributed by atoms with Crippen LogP contribution in [-0.2, 0) is 12.1 Å². The molecule has 2 aromatic heterocycles. The second kappa shape index (κ2) is 7.79. The van der Waals surface area contributed by atoms with E-state index in [0.717, 1.165) is 0 Å². The zero-order chi connectivity index (χ0) is 19.4. The van der Waals surface area contributed by atoms with Crippen molar-refractivity contribution in [2.24, 2.45) is 0 Å². The lowest BCUT2D eigenvalue weighted by Crippen LogP contribution is -2.44. The number of halogens is 1. The van der Waals surface area contributed by atoms with Crippen LogP contribution in [0.15, 0.2) is 79.9 Å². The standard InChI is InChI=1S/C19H17ClN6O2/c20-16-8-6-15(7-9-16)19(27,10-25-13-21-11-23-25)18(26-14-22-12-24-26)28-17-4-2-1-3-5-17/h1-9,11-14,18,27H,10H2. The maximum atomic E-state index is 11.9. The van der Waals surface area contributed by atoms with Gasteiger partial charge in [0.2, 0.25) is 6.23 Å². The number of aliphatic hydroxyl groups is 1. The Balaban J connectivity index is 1.81. The fourth-order valence-corrected chi connectivity index (χ4v) is 3.07. The summed E-state index contributed by atoms with van der Waals surface area (Å²) in [6.45, 7) is 0.0754. The summed E-state index contributed by atoms with van der Waals surface area (Å²) in [5.41, 5.74) is -0.967. The molecule has 2 atom stereocenters.